The minimum absolute atomic E-state index is 0.0686. The van der Waals surface area contributed by atoms with Gasteiger partial charge >= 0.3 is 0 Å². The molecule has 1 amide bonds. The smallest absolute Gasteiger partial charge is 0.268 e. The van der Waals surface area contributed by atoms with Gasteiger partial charge in [-0.2, -0.15) is 0 Å². The minimum Gasteiger partial charge on any atom is -0.268 e. The van der Waals surface area contributed by atoms with Crippen molar-refractivity contribution in [3.63, 3.8) is 0 Å². The molecule has 3 rings (SSSR count). The minimum atomic E-state index is -0.0686. The van der Waals surface area contributed by atoms with E-state index in [1.54, 1.807) is 16.7 Å². The number of nitrogens with zero attached hydrogens (tertiary/aromatic N) is 1. The van der Waals surface area contributed by atoms with Crippen molar-refractivity contribution < 1.29 is 4.79 Å². The largest absolute Gasteiger partial charge is 0.270 e. The first-order chi connectivity index (χ1) is 11.7. The molecule has 1 saturated heterocycles. The molecule has 1 aliphatic rings. The molecular weight excluding hydrogens is 354 g/mol. The van der Waals surface area contributed by atoms with E-state index in [1.807, 2.05) is 79.1 Å². The van der Waals surface area contributed by atoms with Crippen LogP contribution in [0.4, 0.5) is 5.69 Å². The Morgan fingerprint density at radius 1 is 1.12 bits per heavy atom. The van der Waals surface area contributed by atoms with E-state index in [1.165, 1.54) is 11.8 Å². The monoisotopic (exact) mass is 369 g/mol. The second kappa shape index (κ2) is 7.83. The summed E-state index contributed by atoms with van der Waals surface area (Å²) in [5.74, 6) is -0.0686. The van der Waals surface area contributed by atoms with E-state index < -0.39 is 0 Å². The lowest BCUT2D eigenvalue weighted by Crippen LogP contribution is -2.27. The number of benzene rings is 2. The summed E-state index contributed by atoms with van der Waals surface area (Å²) in [6, 6.07) is 17.8. The molecule has 120 valence electrons. The molecular formula is C19H15NOS3. The van der Waals surface area contributed by atoms with Crippen LogP contribution in [0, 0.1) is 0 Å². The van der Waals surface area contributed by atoms with E-state index in [4.69, 9.17) is 12.2 Å². The van der Waals surface area contributed by atoms with Gasteiger partial charge in [-0.25, -0.2) is 0 Å². The van der Waals surface area contributed by atoms with Gasteiger partial charge in [0.2, 0.25) is 0 Å². The van der Waals surface area contributed by atoms with Crippen molar-refractivity contribution in [2.75, 3.05) is 11.2 Å². The molecule has 2 nitrogen and oxygen atoms in total. The number of hydrogen-bond acceptors (Lipinski definition) is 4. The van der Waals surface area contributed by atoms with Crippen LogP contribution < -0.4 is 4.90 Å². The summed E-state index contributed by atoms with van der Waals surface area (Å²) >= 11 is 8.38. The van der Waals surface area contributed by atoms with Crippen molar-refractivity contribution in [3.05, 3.63) is 77.2 Å². The van der Waals surface area contributed by atoms with E-state index in [9.17, 15) is 4.79 Å². The van der Waals surface area contributed by atoms with E-state index in [-0.39, 0.29) is 5.91 Å². The van der Waals surface area contributed by atoms with Crippen LogP contribution in [-0.4, -0.2) is 16.5 Å². The Balaban J connectivity index is 1.81. The molecule has 2 aromatic rings. The van der Waals surface area contributed by atoms with E-state index in [2.05, 4.69) is 0 Å². The first-order valence-electron chi connectivity index (χ1n) is 7.33. The van der Waals surface area contributed by atoms with Crippen molar-refractivity contribution in [1.29, 1.82) is 0 Å². The fourth-order valence-corrected chi connectivity index (χ4v) is 3.97. The third-order valence-corrected chi connectivity index (χ3v) is 5.49. The van der Waals surface area contributed by atoms with Crippen LogP contribution in [-0.2, 0) is 4.79 Å². The Bertz CT molecular complexity index is 828. The SMILES string of the molecule is CSc1cccc(N2C(=O)/C(=C/C=C/c3ccccc3)SC2=S)c1. The molecule has 1 aliphatic heterocycles. The van der Waals surface area contributed by atoms with E-state index >= 15 is 0 Å². The lowest BCUT2D eigenvalue weighted by Gasteiger charge is -2.15. The van der Waals surface area contributed by atoms with Gasteiger partial charge < -0.3 is 0 Å². The fourth-order valence-electron chi connectivity index (χ4n) is 2.26. The molecule has 0 N–H and O–H groups in total. The van der Waals surface area contributed by atoms with Gasteiger partial charge in [-0.05, 0) is 36.1 Å². The average molecular weight is 370 g/mol. The van der Waals surface area contributed by atoms with Gasteiger partial charge in [-0.3, -0.25) is 9.69 Å². The highest BCUT2D eigenvalue weighted by molar-refractivity contribution is 8.27. The molecule has 1 heterocycles. The molecule has 0 aromatic heterocycles. The number of anilines is 1. The third-order valence-electron chi connectivity index (χ3n) is 3.44. The maximum absolute atomic E-state index is 12.7. The normalized spacial score (nSPS) is 16.5. The predicted molar refractivity (Wildman–Crippen MR) is 109 cm³/mol. The van der Waals surface area contributed by atoms with Crippen LogP contribution >= 0.6 is 35.7 Å². The molecule has 0 radical (unpaired) electrons. The molecule has 0 saturated carbocycles. The van der Waals surface area contributed by atoms with Crippen molar-refractivity contribution >= 4 is 57.7 Å². The quantitative estimate of drug-likeness (QED) is 0.410. The molecule has 0 unspecified atom stereocenters. The molecule has 2 aromatic carbocycles. The Labute approximate surface area is 155 Å². The van der Waals surface area contributed by atoms with Gasteiger partial charge in [-0.15, -0.1) is 11.8 Å². The Hall–Kier alpha value is -1.82. The number of hydrogen-bond donors (Lipinski definition) is 0. The highest BCUT2D eigenvalue weighted by atomic mass is 32.2. The average Bonchev–Trinajstić information content (AvgIpc) is 2.90. The summed E-state index contributed by atoms with van der Waals surface area (Å²) in [7, 11) is 0. The summed E-state index contributed by atoms with van der Waals surface area (Å²) in [5, 5.41) is 0. The standard InChI is InChI=1S/C19H15NOS3/c1-23-16-11-6-10-15(13-16)20-18(21)17(24-19(20)22)12-5-9-14-7-3-2-4-8-14/h2-13H,1H3/b9-5+,17-12-. The highest BCUT2D eigenvalue weighted by Crippen LogP contribution is 2.35. The topological polar surface area (TPSA) is 20.3 Å². The van der Waals surface area contributed by atoms with Gasteiger partial charge in [-0.1, -0.05) is 72.5 Å². The Morgan fingerprint density at radius 3 is 2.67 bits per heavy atom. The van der Waals surface area contributed by atoms with Crippen LogP contribution in [0.5, 0.6) is 0 Å². The number of carbonyl (C=O) groups is 1. The van der Waals surface area contributed by atoms with Crippen LogP contribution in [0.15, 0.2) is 76.5 Å². The summed E-state index contributed by atoms with van der Waals surface area (Å²) in [6.45, 7) is 0. The lowest BCUT2D eigenvalue weighted by atomic mass is 10.2. The van der Waals surface area contributed by atoms with E-state index in [0.29, 0.717) is 9.23 Å². The summed E-state index contributed by atoms with van der Waals surface area (Å²) in [4.78, 5) is 16.0. The second-order valence-corrected chi connectivity index (χ2v) is 7.57. The predicted octanol–water partition coefficient (Wildman–Crippen LogP) is 5.37. The Kier molecular flexibility index (Phi) is 5.56. The molecule has 0 spiro atoms. The second-order valence-electron chi connectivity index (χ2n) is 5.01. The van der Waals surface area contributed by atoms with Gasteiger partial charge in [0.25, 0.3) is 5.91 Å². The van der Waals surface area contributed by atoms with Crippen molar-refractivity contribution in [2.24, 2.45) is 0 Å². The maximum atomic E-state index is 12.7. The van der Waals surface area contributed by atoms with Gasteiger partial charge in [0, 0.05) is 4.90 Å². The number of rotatable bonds is 4. The van der Waals surface area contributed by atoms with E-state index in [0.717, 1.165) is 16.1 Å². The van der Waals surface area contributed by atoms with Gasteiger partial charge in [0.1, 0.15) is 0 Å². The molecule has 0 aliphatic carbocycles. The maximum Gasteiger partial charge on any atom is 0.270 e. The molecule has 0 bridgehead atoms. The number of amides is 1. The molecule has 0 atom stereocenters. The van der Waals surface area contributed by atoms with Crippen LogP contribution in [0.25, 0.3) is 6.08 Å². The zero-order valence-electron chi connectivity index (χ0n) is 13.0. The fraction of sp³-hybridized carbons (Fsp3) is 0.0526. The molecule has 24 heavy (non-hydrogen) atoms. The summed E-state index contributed by atoms with van der Waals surface area (Å²) in [6.07, 6.45) is 7.70. The Morgan fingerprint density at radius 2 is 1.92 bits per heavy atom. The summed E-state index contributed by atoms with van der Waals surface area (Å²) in [5.41, 5.74) is 1.91. The van der Waals surface area contributed by atoms with Crippen molar-refractivity contribution in [3.8, 4) is 0 Å². The van der Waals surface area contributed by atoms with Crippen LogP contribution in [0.3, 0.4) is 0 Å². The summed E-state index contributed by atoms with van der Waals surface area (Å²) < 4.78 is 0.567. The third kappa shape index (κ3) is 3.80. The molecule has 1 fully saturated rings. The number of thiocarbonyl (C=S) groups is 1. The lowest BCUT2D eigenvalue weighted by molar-refractivity contribution is -0.113. The van der Waals surface area contributed by atoms with Gasteiger partial charge in [0.15, 0.2) is 4.32 Å². The van der Waals surface area contributed by atoms with Crippen molar-refractivity contribution in [2.45, 2.75) is 4.90 Å². The van der Waals surface area contributed by atoms with Crippen LogP contribution in [0.1, 0.15) is 5.56 Å². The number of thioether (sulfide) groups is 2. The van der Waals surface area contributed by atoms with Crippen molar-refractivity contribution in [1.82, 2.24) is 0 Å². The number of carbonyl (C=O) groups excluding carboxylic acids is 1. The highest BCUT2D eigenvalue weighted by Gasteiger charge is 2.32. The molecule has 5 heteroatoms. The van der Waals surface area contributed by atoms with Gasteiger partial charge in [0.05, 0.1) is 10.6 Å². The first-order valence-corrected chi connectivity index (χ1v) is 9.78. The van der Waals surface area contributed by atoms with Crippen LogP contribution in [0.2, 0.25) is 0 Å². The zero-order chi connectivity index (χ0) is 16.9. The number of allylic oxidation sites excluding steroid dienone is 2. The zero-order valence-corrected chi connectivity index (χ0v) is 15.5. The first kappa shape index (κ1) is 17.0.